The fraction of sp³-hybridized carbons (Fsp3) is 0.731. The predicted octanol–water partition coefficient (Wildman–Crippen LogP) is 1.96. The molecule has 0 aromatic heterocycles. The molecule has 0 bridgehead atoms. The van der Waals surface area contributed by atoms with Gasteiger partial charge in [-0.05, 0) is 76.8 Å². The van der Waals surface area contributed by atoms with Gasteiger partial charge in [-0.25, -0.2) is 9.69 Å². The number of nitrogens with zero attached hydrogens (tertiary/aromatic N) is 2. The summed E-state index contributed by atoms with van der Waals surface area (Å²) < 4.78 is 5.51. The van der Waals surface area contributed by atoms with E-state index in [-0.39, 0.29) is 11.5 Å². The van der Waals surface area contributed by atoms with E-state index in [1.165, 1.54) is 4.90 Å². The van der Waals surface area contributed by atoms with Gasteiger partial charge in [-0.1, -0.05) is 6.07 Å². The lowest BCUT2D eigenvalue weighted by Gasteiger charge is -2.52. The Labute approximate surface area is 212 Å². The zero-order chi connectivity index (χ0) is 25.8. The standard InChI is InChI=1S/C26H40N4O6/c1-25(2,3)36-24(35)29-10-8-26(9-11-29)13-16(14-26)27-15-4-5-17-18(12-15)23(34)30(22(17)33)19-6-7-20(31)28-21(19)32/h4-5,12,16,19-23,27-28,31-34H,6-11,13-14H2,1-3H3. The molecule has 6 N–H and O–H groups in total. The van der Waals surface area contributed by atoms with Crippen LogP contribution in [-0.4, -0.2) is 79.5 Å². The van der Waals surface area contributed by atoms with Gasteiger partial charge < -0.3 is 35.4 Å². The van der Waals surface area contributed by atoms with Crippen LogP contribution in [0.5, 0.6) is 0 Å². The number of ether oxygens (including phenoxy) is 1. The first-order valence-electron chi connectivity index (χ1n) is 13.1. The van der Waals surface area contributed by atoms with Crippen LogP contribution >= 0.6 is 0 Å². The van der Waals surface area contributed by atoms with Crippen LogP contribution in [0, 0.1) is 5.41 Å². The Balaban J connectivity index is 1.16. The summed E-state index contributed by atoms with van der Waals surface area (Å²) in [5.74, 6) is 0. The molecular weight excluding hydrogens is 464 g/mol. The largest absolute Gasteiger partial charge is 0.444 e. The minimum absolute atomic E-state index is 0.230. The number of piperidine rings is 2. The van der Waals surface area contributed by atoms with Crippen molar-refractivity contribution in [1.29, 1.82) is 0 Å². The van der Waals surface area contributed by atoms with Crippen molar-refractivity contribution in [2.24, 2.45) is 5.41 Å². The number of hydrogen-bond acceptors (Lipinski definition) is 9. The van der Waals surface area contributed by atoms with Crippen molar-refractivity contribution in [3.63, 3.8) is 0 Å². The van der Waals surface area contributed by atoms with E-state index in [4.69, 9.17) is 4.74 Å². The molecule has 5 atom stereocenters. The summed E-state index contributed by atoms with van der Waals surface area (Å²) in [5, 5.41) is 48.2. The summed E-state index contributed by atoms with van der Waals surface area (Å²) in [6.45, 7) is 7.10. The first kappa shape index (κ1) is 25.7. The molecule has 5 unspecified atom stereocenters. The highest BCUT2D eigenvalue weighted by Gasteiger charge is 2.48. The SMILES string of the molecule is CC(C)(C)OC(=O)N1CCC2(CC1)CC(Nc1ccc3c(c1)C(O)N(C1CCC(O)NC1O)C3O)C2. The summed E-state index contributed by atoms with van der Waals surface area (Å²) in [5.41, 5.74) is 1.93. The lowest BCUT2D eigenvalue weighted by Crippen LogP contribution is -2.57. The van der Waals surface area contributed by atoms with E-state index in [1.807, 2.05) is 43.9 Å². The van der Waals surface area contributed by atoms with Crippen LogP contribution in [0.3, 0.4) is 0 Å². The van der Waals surface area contributed by atoms with Gasteiger partial charge in [0.1, 0.15) is 30.5 Å². The molecule has 1 aliphatic carbocycles. The molecule has 1 aromatic rings. The number of nitrogens with one attached hydrogen (secondary N) is 2. The van der Waals surface area contributed by atoms with Gasteiger partial charge in [-0.15, -0.1) is 0 Å². The second-order valence-corrected chi connectivity index (χ2v) is 12.0. The maximum atomic E-state index is 12.4. The van der Waals surface area contributed by atoms with Crippen molar-refractivity contribution >= 4 is 11.8 Å². The van der Waals surface area contributed by atoms with Gasteiger partial charge in [0, 0.05) is 35.9 Å². The van der Waals surface area contributed by atoms with Crippen LogP contribution < -0.4 is 10.6 Å². The van der Waals surface area contributed by atoms with Gasteiger partial charge >= 0.3 is 6.09 Å². The van der Waals surface area contributed by atoms with Gasteiger partial charge in [-0.3, -0.25) is 5.32 Å². The average molecular weight is 505 g/mol. The Morgan fingerprint density at radius 3 is 2.36 bits per heavy atom. The zero-order valence-electron chi connectivity index (χ0n) is 21.4. The van der Waals surface area contributed by atoms with Gasteiger partial charge in [0.15, 0.2) is 0 Å². The maximum Gasteiger partial charge on any atom is 0.410 e. The lowest BCUT2D eigenvalue weighted by molar-refractivity contribution is -0.159. The number of aliphatic hydroxyl groups is 4. The van der Waals surface area contributed by atoms with E-state index in [0.717, 1.165) is 44.5 Å². The van der Waals surface area contributed by atoms with E-state index in [1.54, 1.807) is 0 Å². The zero-order valence-corrected chi connectivity index (χ0v) is 21.4. The molecule has 4 aliphatic rings. The van der Waals surface area contributed by atoms with E-state index in [9.17, 15) is 25.2 Å². The number of likely N-dealkylation sites (tertiary alicyclic amines) is 1. The van der Waals surface area contributed by atoms with Crippen LogP contribution in [0.1, 0.15) is 82.9 Å². The molecule has 10 nitrogen and oxygen atoms in total. The van der Waals surface area contributed by atoms with Crippen molar-refractivity contribution in [2.45, 2.75) is 102 Å². The number of carbonyl (C=O) groups excluding carboxylic acids is 1. The normalized spacial score (nSPS) is 32.8. The monoisotopic (exact) mass is 504 g/mol. The second-order valence-electron chi connectivity index (χ2n) is 12.0. The van der Waals surface area contributed by atoms with Crippen molar-refractivity contribution in [1.82, 2.24) is 15.1 Å². The van der Waals surface area contributed by atoms with Crippen molar-refractivity contribution in [3.8, 4) is 0 Å². The topological polar surface area (TPSA) is 138 Å². The minimum atomic E-state index is -1.04. The second kappa shape index (κ2) is 9.41. The maximum absolute atomic E-state index is 12.4. The number of aliphatic hydroxyl groups excluding tert-OH is 4. The molecule has 0 radical (unpaired) electrons. The van der Waals surface area contributed by atoms with Crippen molar-refractivity contribution < 1.29 is 30.0 Å². The number of amides is 1. The molecule has 1 saturated carbocycles. The molecule has 1 amide bonds. The highest BCUT2D eigenvalue weighted by atomic mass is 16.6. The fourth-order valence-corrected chi connectivity index (χ4v) is 6.35. The third kappa shape index (κ3) is 4.94. The number of carbonyl (C=O) groups is 1. The van der Waals surface area contributed by atoms with Gasteiger partial charge in [-0.2, -0.15) is 0 Å². The predicted molar refractivity (Wildman–Crippen MR) is 132 cm³/mol. The Kier molecular flexibility index (Phi) is 6.72. The number of hydrogen-bond donors (Lipinski definition) is 6. The molecule has 1 aromatic carbocycles. The highest BCUT2D eigenvalue weighted by molar-refractivity contribution is 5.68. The molecule has 5 rings (SSSR count). The molecule has 3 heterocycles. The van der Waals surface area contributed by atoms with Gasteiger partial charge in [0.05, 0.1) is 6.04 Å². The average Bonchev–Trinajstić information content (AvgIpc) is 3.02. The molecule has 3 aliphatic heterocycles. The summed E-state index contributed by atoms with van der Waals surface area (Å²) in [7, 11) is 0. The van der Waals surface area contributed by atoms with E-state index >= 15 is 0 Å². The molecular formula is C26H40N4O6. The van der Waals surface area contributed by atoms with E-state index < -0.39 is 36.6 Å². The third-order valence-electron chi connectivity index (χ3n) is 8.26. The third-order valence-corrected chi connectivity index (χ3v) is 8.26. The van der Waals surface area contributed by atoms with Crippen LogP contribution in [-0.2, 0) is 4.74 Å². The van der Waals surface area contributed by atoms with Crippen LogP contribution in [0.4, 0.5) is 10.5 Å². The van der Waals surface area contributed by atoms with Crippen molar-refractivity contribution in [2.75, 3.05) is 18.4 Å². The number of anilines is 1. The number of fused-ring (bicyclic) bond motifs is 1. The van der Waals surface area contributed by atoms with Crippen molar-refractivity contribution in [3.05, 3.63) is 29.3 Å². The summed E-state index contributed by atoms with van der Waals surface area (Å²) in [4.78, 5) is 15.7. The Bertz CT molecular complexity index is 968. The molecule has 3 fully saturated rings. The Morgan fingerprint density at radius 2 is 1.72 bits per heavy atom. The molecule has 1 spiro atoms. The molecule has 200 valence electrons. The fourth-order valence-electron chi connectivity index (χ4n) is 6.35. The smallest absolute Gasteiger partial charge is 0.410 e. The summed E-state index contributed by atoms with van der Waals surface area (Å²) in [6.07, 6.45) is 0.768. The van der Waals surface area contributed by atoms with Crippen LogP contribution in [0.15, 0.2) is 18.2 Å². The Hall–Kier alpha value is -1.95. The number of benzene rings is 1. The molecule has 10 heteroatoms. The van der Waals surface area contributed by atoms with Crippen LogP contribution in [0.25, 0.3) is 0 Å². The Morgan fingerprint density at radius 1 is 1.06 bits per heavy atom. The molecule has 2 saturated heterocycles. The summed E-state index contributed by atoms with van der Waals surface area (Å²) in [6, 6.07) is 5.45. The first-order chi connectivity index (χ1) is 16.9. The summed E-state index contributed by atoms with van der Waals surface area (Å²) >= 11 is 0. The van der Waals surface area contributed by atoms with E-state index in [0.29, 0.717) is 30.0 Å². The first-order valence-corrected chi connectivity index (χ1v) is 13.1. The van der Waals surface area contributed by atoms with E-state index in [2.05, 4.69) is 10.6 Å². The highest BCUT2D eigenvalue weighted by Crippen LogP contribution is 2.50. The van der Waals surface area contributed by atoms with Crippen LogP contribution in [0.2, 0.25) is 0 Å². The number of rotatable bonds is 3. The van der Waals surface area contributed by atoms with Gasteiger partial charge in [0.2, 0.25) is 0 Å². The quantitative estimate of drug-likeness (QED) is 0.365. The lowest BCUT2D eigenvalue weighted by atomic mass is 9.60. The minimum Gasteiger partial charge on any atom is -0.444 e. The molecule has 36 heavy (non-hydrogen) atoms. The van der Waals surface area contributed by atoms with Gasteiger partial charge in [0.25, 0.3) is 0 Å².